The molecule has 20 heavy (non-hydrogen) atoms. The smallest absolute Gasteiger partial charge is 0.255 e. The predicted octanol–water partition coefficient (Wildman–Crippen LogP) is 3.44. The van der Waals surface area contributed by atoms with Gasteiger partial charge in [-0.15, -0.1) is 0 Å². The second kappa shape index (κ2) is 4.94. The summed E-state index contributed by atoms with van der Waals surface area (Å²) in [5.41, 5.74) is 1.54. The van der Waals surface area contributed by atoms with E-state index in [1.165, 1.54) is 12.3 Å². The summed E-state index contributed by atoms with van der Waals surface area (Å²) in [5, 5.41) is 3.85. The number of hydrogen-bond acceptors (Lipinski definition) is 4. The Hall–Kier alpha value is -2.40. The van der Waals surface area contributed by atoms with Gasteiger partial charge < -0.3 is 9.73 Å². The molecule has 3 aromatic rings. The van der Waals surface area contributed by atoms with Crippen molar-refractivity contribution in [3.63, 3.8) is 0 Å². The van der Waals surface area contributed by atoms with Crippen molar-refractivity contribution in [3.8, 4) is 0 Å². The Morgan fingerprint density at radius 2 is 2.15 bits per heavy atom. The molecule has 0 fully saturated rings. The molecule has 3 aromatic heterocycles. The average Bonchev–Trinajstić information content (AvgIpc) is 2.75. The second-order valence-corrected chi connectivity index (χ2v) is 4.60. The summed E-state index contributed by atoms with van der Waals surface area (Å²) in [6.07, 6.45) is 3.12. The van der Waals surface area contributed by atoms with E-state index in [4.69, 9.17) is 16.0 Å². The van der Waals surface area contributed by atoms with Crippen LogP contribution in [0.3, 0.4) is 0 Å². The monoisotopic (exact) mass is 287 g/mol. The van der Waals surface area contributed by atoms with Crippen LogP contribution in [0.5, 0.6) is 0 Å². The molecule has 0 radical (unpaired) electrons. The number of halogens is 1. The number of amides is 1. The summed E-state index contributed by atoms with van der Waals surface area (Å²) in [5.74, 6) is 0.330. The Morgan fingerprint density at radius 3 is 2.95 bits per heavy atom. The molecule has 0 aromatic carbocycles. The van der Waals surface area contributed by atoms with Crippen LogP contribution < -0.4 is 5.32 Å². The molecule has 100 valence electrons. The number of rotatable bonds is 2. The predicted molar refractivity (Wildman–Crippen MR) is 75.9 cm³/mol. The van der Waals surface area contributed by atoms with Crippen LogP contribution in [0.2, 0.25) is 5.15 Å². The molecule has 0 aliphatic heterocycles. The summed E-state index contributed by atoms with van der Waals surface area (Å²) in [6, 6.07) is 6.73. The average molecular weight is 288 g/mol. The lowest BCUT2D eigenvalue weighted by molar-refractivity contribution is 0.102. The summed E-state index contributed by atoms with van der Waals surface area (Å²) in [6.45, 7) is 1.77. The van der Waals surface area contributed by atoms with E-state index in [2.05, 4.69) is 15.3 Å². The first-order valence-corrected chi connectivity index (χ1v) is 6.30. The van der Waals surface area contributed by atoms with Crippen molar-refractivity contribution in [1.29, 1.82) is 0 Å². The van der Waals surface area contributed by atoms with Crippen LogP contribution in [0.1, 0.15) is 16.1 Å². The Morgan fingerprint density at radius 1 is 1.30 bits per heavy atom. The molecule has 5 nitrogen and oxygen atoms in total. The number of carbonyl (C=O) groups excluding carboxylic acids is 1. The van der Waals surface area contributed by atoms with Gasteiger partial charge in [-0.3, -0.25) is 4.79 Å². The zero-order valence-electron chi connectivity index (χ0n) is 10.6. The van der Waals surface area contributed by atoms with E-state index in [1.807, 2.05) is 6.07 Å². The third kappa shape index (κ3) is 2.23. The van der Waals surface area contributed by atoms with Crippen LogP contribution in [0.25, 0.3) is 11.1 Å². The lowest BCUT2D eigenvalue weighted by Crippen LogP contribution is -2.12. The van der Waals surface area contributed by atoms with E-state index < -0.39 is 0 Å². The van der Waals surface area contributed by atoms with Gasteiger partial charge in [-0.2, -0.15) is 0 Å². The molecule has 1 N–H and O–H groups in total. The lowest BCUT2D eigenvalue weighted by Gasteiger charge is -2.04. The second-order valence-electron chi connectivity index (χ2n) is 4.21. The van der Waals surface area contributed by atoms with Gasteiger partial charge in [0.15, 0.2) is 0 Å². The number of aromatic nitrogens is 2. The third-order valence-corrected chi connectivity index (χ3v) is 3.08. The zero-order valence-corrected chi connectivity index (χ0v) is 11.3. The minimum Gasteiger partial charge on any atom is -0.441 e. The molecular formula is C14H10ClN3O2. The molecule has 6 heteroatoms. The highest BCUT2D eigenvalue weighted by Crippen LogP contribution is 2.29. The topological polar surface area (TPSA) is 68.0 Å². The van der Waals surface area contributed by atoms with E-state index in [-0.39, 0.29) is 11.1 Å². The van der Waals surface area contributed by atoms with Gasteiger partial charge in [0.1, 0.15) is 10.9 Å². The van der Waals surface area contributed by atoms with Gasteiger partial charge in [0, 0.05) is 18.0 Å². The van der Waals surface area contributed by atoms with E-state index in [0.717, 1.165) is 5.39 Å². The van der Waals surface area contributed by atoms with Crippen molar-refractivity contribution in [2.75, 3.05) is 5.32 Å². The minimum absolute atomic E-state index is 0.271. The number of nitrogens with one attached hydrogen (secondary N) is 1. The van der Waals surface area contributed by atoms with Gasteiger partial charge in [0.05, 0.1) is 11.1 Å². The highest BCUT2D eigenvalue weighted by atomic mass is 35.5. The quantitative estimate of drug-likeness (QED) is 0.733. The van der Waals surface area contributed by atoms with Crippen molar-refractivity contribution >= 4 is 34.3 Å². The molecule has 0 aliphatic carbocycles. The normalized spacial score (nSPS) is 10.7. The van der Waals surface area contributed by atoms with Crippen molar-refractivity contribution < 1.29 is 9.21 Å². The van der Waals surface area contributed by atoms with Crippen LogP contribution in [0, 0.1) is 6.92 Å². The van der Waals surface area contributed by atoms with E-state index in [1.54, 1.807) is 25.3 Å². The molecule has 0 saturated carbocycles. The van der Waals surface area contributed by atoms with Crippen LogP contribution in [0.15, 0.2) is 41.1 Å². The SMILES string of the molecule is Cc1oc2ncccc2c1NC(=O)c1ccnc(Cl)c1. The fourth-order valence-electron chi connectivity index (χ4n) is 1.93. The van der Waals surface area contributed by atoms with Gasteiger partial charge in [0.2, 0.25) is 5.71 Å². The largest absolute Gasteiger partial charge is 0.441 e. The first kappa shape index (κ1) is 12.6. The lowest BCUT2D eigenvalue weighted by atomic mass is 10.2. The molecule has 0 bridgehead atoms. The fourth-order valence-corrected chi connectivity index (χ4v) is 2.11. The number of fused-ring (bicyclic) bond motifs is 1. The van der Waals surface area contributed by atoms with Crippen molar-refractivity contribution in [2.45, 2.75) is 6.92 Å². The molecule has 0 saturated heterocycles. The molecular weight excluding hydrogens is 278 g/mol. The maximum atomic E-state index is 12.2. The zero-order chi connectivity index (χ0) is 14.1. The Labute approximate surface area is 119 Å². The number of pyridine rings is 2. The van der Waals surface area contributed by atoms with E-state index in [9.17, 15) is 4.79 Å². The highest BCUT2D eigenvalue weighted by molar-refractivity contribution is 6.29. The van der Waals surface area contributed by atoms with Crippen molar-refractivity contribution in [3.05, 3.63) is 53.1 Å². The van der Waals surface area contributed by atoms with E-state index in [0.29, 0.717) is 22.7 Å². The summed E-state index contributed by atoms with van der Waals surface area (Å²) in [7, 11) is 0. The molecule has 0 aliphatic rings. The molecule has 1 amide bonds. The number of hydrogen-bond donors (Lipinski definition) is 1. The minimum atomic E-state index is -0.274. The Kier molecular flexibility index (Phi) is 3.12. The van der Waals surface area contributed by atoms with Crippen LogP contribution in [-0.4, -0.2) is 15.9 Å². The Bertz CT molecular complexity index is 798. The Balaban J connectivity index is 1.97. The molecule has 3 heterocycles. The van der Waals surface area contributed by atoms with E-state index >= 15 is 0 Å². The summed E-state index contributed by atoms with van der Waals surface area (Å²) < 4.78 is 5.50. The molecule has 0 atom stereocenters. The van der Waals surface area contributed by atoms with Crippen molar-refractivity contribution in [2.24, 2.45) is 0 Å². The van der Waals surface area contributed by atoms with Gasteiger partial charge in [-0.25, -0.2) is 9.97 Å². The van der Waals surface area contributed by atoms with Gasteiger partial charge in [0.25, 0.3) is 5.91 Å². The number of furan rings is 1. The van der Waals surface area contributed by atoms with Gasteiger partial charge in [-0.05, 0) is 31.2 Å². The number of nitrogens with zero attached hydrogens (tertiary/aromatic N) is 2. The molecule has 0 spiro atoms. The van der Waals surface area contributed by atoms with Crippen LogP contribution in [-0.2, 0) is 0 Å². The molecule has 3 rings (SSSR count). The summed E-state index contributed by atoms with van der Waals surface area (Å²) >= 11 is 5.78. The highest BCUT2D eigenvalue weighted by Gasteiger charge is 2.15. The maximum absolute atomic E-state index is 12.2. The van der Waals surface area contributed by atoms with Crippen LogP contribution in [0.4, 0.5) is 5.69 Å². The first-order valence-electron chi connectivity index (χ1n) is 5.92. The fraction of sp³-hybridized carbons (Fsp3) is 0.0714. The van der Waals surface area contributed by atoms with Gasteiger partial charge in [-0.1, -0.05) is 11.6 Å². The summed E-state index contributed by atoms with van der Waals surface area (Å²) in [4.78, 5) is 20.2. The van der Waals surface area contributed by atoms with Crippen molar-refractivity contribution in [1.82, 2.24) is 9.97 Å². The number of anilines is 1. The van der Waals surface area contributed by atoms with Gasteiger partial charge >= 0.3 is 0 Å². The molecule has 0 unspecified atom stereocenters. The third-order valence-electron chi connectivity index (χ3n) is 2.87. The standard InChI is InChI=1S/C14H10ClN3O2/c1-8-12(10-3-2-5-17-14(10)20-8)18-13(19)9-4-6-16-11(15)7-9/h2-7H,1H3,(H,18,19). The maximum Gasteiger partial charge on any atom is 0.255 e. The number of aryl methyl sites for hydroxylation is 1. The number of carbonyl (C=O) groups is 1. The van der Waals surface area contributed by atoms with Crippen LogP contribution >= 0.6 is 11.6 Å². The first-order chi connectivity index (χ1) is 9.65.